The molecule has 1 saturated heterocycles. The summed E-state index contributed by atoms with van der Waals surface area (Å²) in [7, 11) is 1.75. The van der Waals surface area contributed by atoms with E-state index in [-0.39, 0.29) is 5.60 Å². The van der Waals surface area contributed by atoms with E-state index in [4.69, 9.17) is 21.1 Å². The number of hydrogen-bond donors (Lipinski definition) is 2. The minimum atomic E-state index is -0.0916. The summed E-state index contributed by atoms with van der Waals surface area (Å²) in [6.07, 6.45) is 2.20. The molecular weight excluding hydrogens is 302 g/mol. The van der Waals surface area contributed by atoms with Gasteiger partial charge in [-0.25, -0.2) is 0 Å². The van der Waals surface area contributed by atoms with Crippen LogP contribution in [0.3, 0.4) is 0 Å². The van der Waals surface area contributed by atoms with Gasteiger partial charge in [-0.2, -0.15) is 0 Å². The number of nitrogens with one attached hydrogen (secondary N) is 2. The molecule has 1 heterocycles. The van der Waals surface area contributed by atoms with Gasteiger partial charge in [0.05, 0.1) is 17.2 Å². The van der Waals surface area contributed by atoms with Gasteiger partial charge in [0.25, 0.3) is 0 Å². The Balaban J connectivity index is 1.67. The first-order valence-electron chi connectivity index (χ1n) is 7.59. The summed E-state index contributed by atoms with van der Waals surface area (Å²) in [6, 6.07) is 7.45. The van der Waals surface area contributed by atoms with Crippen molar-refractivity contribution in [2.45, 2.75) is 25.4 Å². The SMILES string of the molecule is CN=C(NCCOc1ccccc1Cl)NCC1(C)CCCO1. The number of ether oxygens (including phenoxy) is 2. The summed E-state index contributed by atoms with van der Waals surface area (Å²) in [5.41, 5.74) is -0.0916. The van der Waals surface area contributed by atoms with Crippen molar-refractivity contribution in [3.05, 3.63) is 29.3 Å². The maximum atomic E-state index is 6.04. The third-order valence-electron chi connectivity index (χ3n) is 3.64. The molecule has 1 aromatic rings. The Morgan fingerprint density at radius 1 is 1.41 bits per heavy atom. The van der Waals surface area contributed by atoms with Crippen LogP contribution in [0.2, 0.25) is 5.02 Å². The largest absolute Gasteiger partial charge is 0.490 e. The molecule has 1 atom stereocenters. The quantitative estimate of drug-likeness (QED) is 0.479. The van der Waals surface area contributed by atoms with E-state index in [1.807, 2.05) is 24.3 Å². The highest BCUT2D eigenvalue weighted by molar-refractivity contribution is 6.32. The smallest absolute Gasteiger partial charge is 0.191 e. The molecule has 2 rings (SSSR count). The number of halogens is 1. The lowest BCUT2D eigenvalue weighted by Crippen LogP contribution is -2.46. The third kappa shape index (κ3) is 5.07. The van der Waals surface area contributed by atoms with Crippen molar-refractivity contribution in [3.63, 3.8) is 0 Å². The zero-order chi connectivity index (χ0) is 15.8. The molecule has 1 fully saturated rings. The summed E-state index contributed by atoms with van der Waals surface area (Å²) < 4.78 is 11.4. The van der Waals surface area contributed by atoms with Gasteiger partial charge in [-0.1, -0.05) is 23.7 Å². The van der Waals surface area contributed by atoms with E-state index >= 15 is 0 Å². The van der Waals surface area contributed by atoms with Crippen LogP contribution >= 0.6 is 11.6 Å². The fourth-order valence-corrected chi connectivity index (χ4v) is 2.55. The molecule has 0 amide bonds. The van der Waals surface area contributed by atoms with E-state index in [9.17, 15) is 0 Å². The highest BCUT2D eigenvalue weighted by Gasteiger charge is 2.29. The van der Waals surface area contributed by atoms with Crippen LogP contribution in [0.4, 0.5) is 0 Å². The lowest BCUT2D eigenvalue weighted by atomic mass is 10.0. The van der Waals surface area contributed by atoms with Gasteiger partial charge in [0.15, 0.2) is 5.96 Å². The van der Waals surface area contributed by atoms with Gasteiger partial charge in [-0.15, -0.1) is 0 Å². The van der Waals surface area contributed by atoms with Crippen molar-refractivity contribution in [2.24, 2.45) is 4.99 Å². The number of benzene rings is 1. The first kappa shape index (κ1) is 16.9. The zero-order valence-electron chi connectivity index (χ0n) is 13.2. The molecule has 2 N–H and O–H groups in total. The van der Waals surface area contributed by atoms with Crippen LogP contribution in [0.25, 0.3) is 0 Å². The Bertz CT molecular complexity index is 502. The molecule has 0 bridgehead atoms. The number of rotatable bonds is 6. The molecular formula is C16H24ClN3O2. The normalized spacial score (nSPS) is 21.7. The van der Waals surface area contributed by atoms with E-state index in [2.05, 4.69) is 22.5 Å². The van der Waals surface area contributed by atoms with Crippen molar-refractivity contribution >= 4 is 17.6 Å². The summed E-state index contributed by atoms with van der Waals surface area (Å²) >= 11 is 6.04. The van der Waals surface area contributed by atoms with E-state index in [0.717, 1.165) is 32.0 Å². The summed E-state index contributed by atoms with van der Waals surface area (Å²) in [6.45, 7) is 4.87. The topological polar surface area (TPSA) is 54.9 Å². The second-order valence-electron chi connectivity index (χ2n) is 5.53. The van der Waals surface area contributed by atoms with Gasteiger partial charge in [0.2, 0.25) is 0 Å². The van der Waals surface area contributed by atoms with Crippen molar-refractivity contribution in [1.82, 2.24) is 10.6 Å². The number of para-hydroxylation sites is 1. The number of nitrogens with zero attached hydrogens (tertiary/aromatic N) is 1. The summed E-state index contributed by atoms with van der Waals surface area (Å²) in [4.78, 5) is 4.20. The third-order valence-corrected chi connectivity index (χ3v) is 3.95. The Hall–Kier alpha value is -1.46. The lowest BCUT2D eigenvalue weighted by Gasteiger charge is -2.24. The van der Waals surface area contributed by atoms with Crippen LogP contribution in [0.5, 0.6) is 5.75 Å². The zero-order valence-corrected chi connectivity index (χ0v) is 13.9. The van der Waals surface area contributed by atoms with E-state index < -0.39 is 0 Å². The fourth-order valence-electron chi connectivity index (χ4n) is 2.36. The highest BCUT2D eigenvalue weighted by atomic mass is 35.5. The van der Waals surface area contributed by atoms with Crippen LogP contribution in [-0.4, -0.2) is 44.9 Å². The molecule has 0 radical (unpaired) electrons. The maximum Gasteiger partial charge on any atom is 0.191 e. The standard InChI is InChI=1S/C16H24ClN3O2/c1-16(8-5-10-22-16)12-20-15(18-2)19-9-11-21-14-7-4-3-6-13(14)17/h3-4,6-7H,5,8-12H2,1-2H3,(H2,18,19,20). The first-order chi connectivity index (χ1) is 10.6. The minimum absolute atomic E-state index is 0.0916. The molecule has 0 spiro atoms. The average molecular weight is 326 g/mol. The van der Waals surface area contributed by atoms with Gasteiger partial charge < -0.3 is 20.1 Å². The average Bonchev–Trinajstić information content (AvgIpc) is 2.95. The molecule has 0 saturated carbocycles. The van der Waals surface area contributed by atoms with E-state index in [1.54, 1.807) is 7.05 Å². The molecule has 1 unspecified atom stereocenters. The lowest BCUT2D eigenvalue weighted by molar-refractivity contribution is 0.0243. The molecule has 1 aromatic carbocycles. The Labute approximate surface area is 137 Å². The Morgan fingerprint density at radius 3 is 2.91 bits per heavy atom. The predicted molar refractivity (Wildman–Crippen MR) is 89.9 cm³/mol. The number of hydrogen-bond acceptors (Lipinski definition) is 3. The molecule has 122 valence electrons. The molecule has 1 aliphatic rings. The fraction of sp³-hybridized carbons (Fsp3) is 0.562. The van der Waals surface area contributed by atoms with Gasteiger partial charge in [0, 0.05) is 20.2 Å². The number of aliphatic imine (C=N–C) groups is 1. The maximum absolute atomic E-state index is 6.04. The Kier molecular flexibility index (Phi) is 6.34. The second-order valence-corrected chi connectivity index (χ2v) is 5.94. The van der Waals surface area contributed by atoms with E-state index in [0.29, 0.717) is 23.9 Å². The van der Waals surface area contributed by atoms with Crippen molar-refractivity contribution in [1.29, 1.82) is 0 Å². The Morgan fingerprint density at radius 2 is 2.23 bits per heavy atom. The van der Waals surface area contributed by atoms with Crippen LogP contribution in [-0.2, 0) is 4.74 Å². The summed E-state index contributed by atoms with van der Waals surface area (Å²) in [5.74, 6) is 1.44. The van der Waals surface area contributed by atoms with Gasteiger partial charge in [-0.3, -0.25) is 4.99 Å². The van der Waals surface area contributed by atoms with Crippen LogP contribution in [0, 0.1) is 0 Å². The van der Waals surface area contributed by atoms with Gasteiger partial charge in [-0.05, 0) is 31.9 Å². The minimum Gasteiger partial charge on any atom is -0.490 e. The van der Waals surface area contributed by atoms with Crippen molar-refractivity contribution < 1.29 is 9.47 Å². The first-order valence-corrected chi connectivity index (χ1v) is 7.96. The van der Waals surface area contributed by atoms with Crippen molar-refractivity contribution in [3.8, 4) is 5.75 Å². The second kappa shape index (κ2) is 8.25. The highest BCUT2D eigenvalue weighted by Crippen LogP contribution is 2.24. The molecule has 6 heteroatoms. The van der Waals surface area contributed by atoms with Crippen molar-refractivity contribution in [2.75, 3.05) is 33.4 Å². The summed E-state index contributed by atoms with van der Waals surface area (Å²) in [5, 5.41) is 7.13. The molecule has 0 aliphatic carbocycles. The molecule has 1 aliphatic heterocycles. The number of guanidine groups is 1. The molecule has 5 nitrogen and oxygen atoms in total. The predicted octanol–water partition coefficient (Wildman–Crippen LogP) is 2.45. The molecule has 22 heavy (non-hydrogen) atoms. The molecule has 0 aromatic heterocycles. The van der Waals surface area contributed by atoms with E-state index in [1.165, 1.54) is 0 Å². The van der Waals surface area contributed by atoms with Crippen LogP contribution in [0.15, 0.2) is 29.3 Å². The monoisotopic (exact) mass is 325 g/mol. The van der Waals surface area contributed by atoms with Crippen LogP contribution < -0.4 is 15.4 Å². The van der Waals surface area contributed by atoms with Gasteiger partial charge in [0.1, 0.15) is 12.4 Å². The van der Waals surface area contributed by atoms with Crippen LogP contribution in [0.1, 0.15) is 19.8 Å². The van der Waals surface area contributed by atoms with Gasteiger partial charge >= 0.3 is 0 Å².